The highest BCUT2D eigenvalue weighted by molar-refractivity contribution is 6.30. The first-order valence-corrected chi connectivity index (χ1v) is 5.05. The van der Waals surface area contributed by atoms with Crippen molar-refractivity contribution < 1.29 is 18.3 Å². The fraction of sp³-hybridized carbons (Fsp3) is 0.364. The predicted octanol–water partition coefficient (Wildman–Crippen LogP) is 3.38. The number of alkyl halides is 2. The normalized spacial score (nSPS) is 10.6. The van der Waals surface area contributed by atoms with Crippen molar-refractivity contribution in [3.8, 4) is 0 Å². The van der Waals surface area contributed by atoms with Gasteiger partial charge in [0.2, 0.25) is 0 Å². The Bertz CT molecular complexity index is 380. The van der Waals surface area contributed by atoms with Crippen molar-refractivity contribution in [3.05, 3.63) is 34.3 Å². The third-order valence-electron chi connectivity index (χ3n) is 2.17. The molecule has 88 valence electrons. The number of carbonyl (C=O) groups excluding carboxylic acids is 1. The molecule has 0 amide bonds. The topological polar surface area (TPSA) is 26.3 Å². The number of benzene rings is 1. The summed E-state index contributed by atoms with van der Waals surface area (Å²) < 4.78 is 29.7. The van der Waals surface area contributed by atoms with Gasteiger partial charge in [-0.15, -0.1) is 0 Å². The van der Waals surface area contributed by atoms with Crippen LogP contribution in [0.2, 0.25) is 5.02 Å². The maximum absolute atomic E-state index is 12.6. The number of rotatable bonds is 4. The zero-order valence-electron chi connectivity index (χ0n) is 8.67. The number of ether oxygens (including phenoxy) is 1. The number of hydrogen-bond acceptors (Lipinski definition) is 2. The van der Waals surface area contributed by atoms with Gasteiger partial charge in [-0.3, -0.25) is 4.79 Å². The molecule has 1 aromatic rings. The molecule has 0 bridgehead atoms. The van der Waals surface area contributed by atoms with Gasteiger partial charge in [0.1, 0.15) is 0 Å². The molecule has 0 aliphatic heterocycles. The van der Waals surface area contributed by atoms with E-state index < -0.39 is 12.4 Å². The van der Waals surface area contributed by atoms with E-state index in [2.05, 4.69) is 4.74 Å². The lowest BCUT2D eigenvalue weighted by Crippen LogP contribution is -2.04. The summed E-state index contributed by atoms with van der Waals surface area (Å²) in [4.78, 5) is 10.9. The second kappa shape index (κ2) is 5.80. The summed E-state index contributed by atoms with van der Waals surface area (Å²) >= 11 is 5.71. The molecule has 1 rings (SSSR count). The summed E-state index contributed by atoms with van der Waals surface area (Å²) in [5.74, 6) is -0.430. The van der Waals surface area contributed by atoms with E-state index in [4.69, 9.17) is 11.6 Å². The van der Waals surface area contributed by atoms with Crippen LogP contribution in [0.3, 0.4) is 0 Å². The summed E-state index contributed by atoms with van der Waals surface area (Å²) in [7, 11) is 1.26. The van der Waals surface area contributed by atoms with Crippen LogP contribution in [0.1, 0.15) is 24.0 Å². The van der Waals surface area contributed by atoms with Crippen molar-refractivity contribution in [1.82, 2.24) is 0 Å². The van der Waals surface area contributed by atoms with E-state index in [0.29, 0.717) is 10.6 Å². The van der Waals surface area contributed by atoms with Gasteiger partial charge in [0.05, 0.1) is 7.11 Å². The first-order chi connectivity index (χ1) is 7.54. The van der Waals surface area contributed by atoms with E-state index in [1.165, 1.54) is 25.3 Å². The minimum Gasteiger partial charge on any atom is -0.469 e. The molecule has 1 aromatic carbocycles. The molecule has 0 aromatic heterocycles. The van der Waals surface area contributed by atoms with Gasteiger partial charge >= 0.3 is 5.97 Å². The fourth-order valence-corrected chi connectivity index (χ4v) is 1.54. The van der Waals surface area contributed by atoms with Crippen LogP contribution >= 0.6 is 11.6 Å². The second-order valence-electron chi connectivity index (χ2n) is 3.22. The van der Waals surface area contributed by atoms with Crippen LogP contribution in [0.4, 0.5) is 8.78 Å². The van der Waals surface area contributed by atoms with Gasteiger partial charge in [0.25, 0.3) is 6.43 Å². The lowest BCUT2D eigenvalue weighted by atomic mass is 10.0. The Labute approximate surface area is 97.2 Å². The quantitative estimate of drug-likeness (QED) is 0.764. The molecule has 0 N–H and O–H groups in total. The van der Waals surface area contributed by atoms with Gasteiger partial charge in [-0.1, -0.05) is 17.7 Å². The maximum Gasteiger partial charge on any atom is 0.305 e. The van der Waals surface area contributed by atoms with E-state index in [0.717, 1.165) is 0 Å². The molecule has 5 heteroatoms. The minimum absolute atomic E-state index is 0.0660. The van der Waals surface area contributed by atoms with Crippen molar-refractivity contribution in [2.45, 2.75) is 19.3 Å². The van der Waals surface area contributed by atoms with Gasteiger partial charge < -0.3 is 4.74 Å². The molecule has 0 aliphatic rings. The van der Waals surface area contributed by atoms with Crippen molar-refractivity contribution in [1.29, 1.82) is 0 Å². The Hall–Kier alpha value is -1.16. The molecule has 0 fully saturated rings. The average Bonchev–Trinajstić information content (AvgIpc) is 2.25. The van der Waals surface area contributed by atoms with Crippen LogP contribution in [-0.2, 0) is 16.0 Å². The van der Waals surface area contributed by atoms with Gasteiger partial charge in [-0.05, 0) is 24.1 Å². The van der Waals surface area contributed by atoms with Crippen LogP contribution in [0.15, 0.2) is 18.2 Å². The smallest absolute Gasteiger partial charge is 0.305 e. The number of halogens is 3. The van der Waals surface area contributed by atoms with Gasteiger partial charge in [0, 0.05) is 17.0 Å². The van der Waals surface area contributed by atoms with Gasteiger partial charge in [-0.25, -0.2) is 8.78 Å². The highest BCUT2D eigenvalue weighted by atomic mass is 35.5. The Morgan fingerprint density at radius 1 is 1.50 bits per heavy atom. The molecule has 0 atom stereocenters. The van der Waals surface area contributed by atoms with Gasteiger partial charge in [0.15, 0.2) is 0 Å². The van der Waals surface area contributed by atoms with Crippen LogP contribution in [-0.4, -0.2) is 13.1 Å². The molecule has 0 unspecified atom stereocenters. The summed E-state index contributed by atoms with van der Waals surface area (Å²) in [6, 6.07) is 4.14. The maximum atomic E-state index is 12.6. The Balaban J connectivity index is 2.84. The lowest BCUT2D eigenvalue weighted by Gasteiger charge is -2.08. The Kier molecular flexibility index (Phi) is 4.68. The van der Waals surface area contributed by atoms with Gasteiger partial charge in [-0.2, -0.15) is 0 Å². The molecule has 0 spiro atoms. The van der Waals surface area contributed by atoms with E-state index >= 15 is 0 Å². The summed E-state index contributed by atoms with van der Waals surface area (Å²) in [5.41, 5.74) is 0.293. The molecule has 16 heavy (non-hydrogen) atoms. The van der Waals surface area contributed by atoms with Crippen LogP contribution in [0, 0.1) is 0 Å². The van der Waals surface area contributed by atoms with Crippen LogP contribution < -0.4 is 0 Å². The van der Waals surface area contributed by atoms with E-state index in [-0.39, 0.29) is 18.4 Å². The highest BCUT2D eigenvalue weighted by Crippen LogP contribution is 2.26. The molecule has 0 saturated carbocycles. The number of methoxy groups -OCH3 is 1. The SMILES string of the molecule is COC(=O)CCc1cc(Cl)ccc1C(F)F. The third kappa shape index (κ3) is 3.45. The number of esters is 1. The average molecular weight is 249 g/mol. The van der Waals surface area contributed by atoms with Crippen molar-refractivity contribution >= 4 is 17.6 Å². The monoisotopic (exact) mass is 248 g/mol. The Morgan fingerprint density at radius 2 is 2.19 bits per heavy atom. The van der Waals surface area contributed by atoms with Crippen molar-refractivity contribution in [2.75, 3.05) is 7.11 Å². The summed E-state index contributed by atoms with van der Waals surface area (Å²) in [6.07, 6.45) is -2.30. The number of hydrogen-bond donors (Lipinski definition) is 0. The van der Waals surface area contributed by atoms with E-state index in [1.807, 2.05) is 0 Å². The standard InChI is InChI=1S/C11H11ClF2O2/c1-16-10(15)5-2-7-6-8(12)3-4-9(7)11(13)14/h3-4,6,11H,2,5H2,1H3. The Morgan fingerprint density at radius 3 is 2.75 bits per heavy atom. The van der Waals surface area contributed by atoms with Crippen molar-refractivity contribution in [2.24, 2.45) is 0 Å². The van der Waals surface area contributed by atoms with E-state index in [1.54, 1.807) is 0 Å². The summed E-state index contributed by atoms with van der Waals surface area (Å²) in [5, 5.41) is 0.379. The van der Waals surface area contributed by atoms with Crippen LogP contribution in [0.5, 0.6) is 0 Å². The zero-order valence-corrected chi connectivity index (χ0v) is 9.43. The molecule has 0 radical (unpaired) electrons. The fourth-order valence-electron chi connectivity index (χ4n) is 1.34. The second-order valence-corrected chi connectivity index (χ2v) is 3.66. The molecule has 0 aliphatic carbocycles. The first-order valence-electron chi connectivity index (χ1n) is 4.68. The molecule has 0 heterocycles. The molecular formula is C11H11ClF2O2. The highest BCUT2D eigenvalue weighted by Gasteiger charge is 2.14. The number of carbonyl (C=O) groups is 1. The molecule has 2 nitrogen and oxygen atoms in total. The minimum atomic E-state index is -2.56. The number of aryl methyl sites for hydroxylation is 1. The largest absolute Gasteiger partial charge is 0.469 e. The van der Waals surface area contributed by atoms with Crippen LogP contribution in [0.25, 0.3) is 0 Å². The first kappa shape index (κ1) is 12.9. The predicted molar refractivity (Wildman–Crippen MR) is 56.7 cm³/mol. The molecule has 0 saturated heterocycles. The van der Waals surface area contributed by atoms with Crippen molar-refractivity contribution in [3.63, 3.8) is 0 Å². The third-order valence-corrected chi connectivity index (χ3v) is 2.40. The van der Waals surface area contributed by atoms with E-state index in [9.17, 15) is 13.6 Å². The molecular weight excluding hydrogens is 238 g/mol. The summed E-state index contributed by atoms with van der Waals surface area (Å²) in [6.45, 7) is 0. The zero-order chi connectivity index (χ0) is 12.1. The lowest BCUT2D eigenvalue weighted by molar-refractivity contribution is -0.140.